The number of imidazole rings is 1. The molecule has 3 nitrogen and oxygen atoms in total. The monoisotopic (exact) mass is 195 g/mol. The number of rotatable bonds is 6. The van der Waals surface area contributed by atoms with E-state index in [1.54, 1.807) is 0 Å². The van der Waals surface area contributed by atoms with E-state index in [0.29, 0.717) is 6.04 Å². The number of aromatic amines is 1. The van der Waals surface area contributed by atoms with Gasteiger partial charge in [-0.15, -0.1) is 0 Å². The van der Waals surface area contributed by atoms with E-state index in [-0.39, 0.29) is 0 Å². The van der Waals surface area contributed by atoms with Gasteiger partial charge in [0.2, 0.25) is 0 Å². The highest BCUT2D eigenvalue weighted by molar-refractivity contribution is 5.01. The van der Waals surface area contributed by atoms with Crippen molar-refractivity contribution in [3.8, 4) is 0 Å². The number of nitrogens with zero attached hydrogens (tertiary/aromatic N) is 1. The molecule has 1 aromatic rings. The number of aromatic nitrogens is 2. The second-order valence-electron chi connectivity index (χ2n) is 3.96. The summed E-state index contributed by atoms with van der Waals surface area (Å²) in [4.78, 5) is 7.67. The molecule has 80 valence electrons. The van der Waals surface area contributed by atoms with Crippen LogP contribution < -0.4 is 5.32 Å². The molecule has 1 aromatic heterocycles. The van der Waals surface area contributed by atoms with Crippen LogP contribution >= 0.6 is 0 Å². The van der Waals surface area contributed by atoms with Gasteiger partial charge >= 0.3 is 0 Å². The first-order valence-electron chi connectivity index (χ1n) is 5.48. The molecular formula is C11H21N3. The molecule has 0 aliphatic rings. The lowest BCUT2D eigenvalue weighted by Crippen LogP contribution is -2.25. The average molecular weight is 195 g/mol. The van der Waals surface area contributed by atoms with Gasteiger partial charge in [0.1, 0.15) is 5.82 Å². The average Bonchev–Trinajstić information content (AvgIpc) is 2.53. The molecule has 1 rings (SSSR count). The minimum atomic E-state index is 0.556. The molecule has 0 bridgehead atoms. The molecule has 0 aliphatic carbocycles. The Hall–Kier alpha value is -0.830. The second-order valence-corrected chi connectivity index (χ2v) is 3.96. The van der Waals surface area contributed by atoms with Gasteiger partial charge in [-0.25, -0.2) is 4.98 Å². The lowest BCUT2D eigenvalue weighted by Gasteiger charge is -2.05. The lowest BCUT2D eigenvalue weighted by atomic mass is 10.3. The van der Waals surface area contributed by atoms with Crippen LogP contribution in [-0.4, -0.2) is 22.6 Å². The zero-order chi connectivity index (χ0) is 10.4. The highest BCUT2D eigenvalue weighted by atomic mass is 14.9. The van der Waals surface area contributed by atoms with E-state index in [2.05, 4.69) is 36.1 Å². The Morgan fingerprint density at radius 2 is 2.21 bits per heavy atom. The first kappa shape index (κ1) is 11.2. The summed E-state index contributed by atoms with van der Waals surface area (Å²) < 4.78 is 0. The summed E-state index contributed by atoms with van der Waals surface area (Å²) in [5.41, 5.74) is 1.26. The molecule has 0 radical (unpaired) electrons. The van der Waals surface area contributed by atoms with Crippen LogP contribution in [0.25, 0.3) is 0 Å². The minimum absolute atomic E-state index is 0.556. The summed E-state index contributed by atoms with van der Waals surface area (Å²) in [5.74, 6) is 1.10. The normalized spacial score (nSPS) is 11.1. The van der Waals surface area contributed by atoms with Gasteiger partial charge in [0.15, 0.2) is 0 Å². The molecule has 0 aliphatic heterocycles. The summed E-state index contributed by atoms with van der Waals surface area (Å²) in [7, 11) is 0. The summed E-state index contributed by atoms with van der Waals surface area (Å²) >= 11 is 0. The van der Waals surface area contributed by atoms with Gasteiger partial charge in [0.05, 0.1) is 0 Å². The molecule has 0 aromatic carbocycles. The fraction of sp³-hybridized carbons (Fsp3) is 0.727. The molecule has 3 heteroatoms. The third-order valence-corrected chi connectivity index (χ3v) is 2.11. The van der Waals surface area contributed by atoms with E-state index in [0.717, 1.165) is 25.2 Å². The Morgan fingerprint density at radius 1 is 1.43 bits per heavy atom. The highest BCUT2D eigenvalue weighted by Gasteiger charge is 1.99. The fourth-order valence-corrected chi connectivity index (χ4v) is 1.41. The van der Waals surface area contributed by atoms with Gasteiger partial charge < -0.3 is 10.3 Å². The summed E-state index contributed by atoms with van der Waals surface area (Å²) in [6.45, 7) is 7.49. The Kier molecular flexibility index (Phi) is 4.66. The maximum atomic E-state index is 4.34. The Balaban J connectivity index is 2.28. The summed E-state index contributed by atoms with van der Waals surface area (Å²) in [5, 5.41) is 3.38. The van der Waals surface area contributed by atoms with Crippen LogP contribution in [0.5, 0.6) is 0 Å². The van der Waals surface area contributed by atoms with E-state index in [9.17, 15) is 0 Å². The zero-order valence-electron chi connectivity index (χ0n) is 9.43. The molecule has 0 unspecified atom stereocenters. The Morgan fingerprint density at radius 3 is 2.86 bits per heavy atom. The quantitative estimate of drug-likeness (QED) is 0.728. The van der Waals surface area contributed by atoms with Crippen molar-refractivity contribution in [2.24, 2.45) is 0 Å². The first-order valence-corrected chi connectivity index (χ1v) is 5.48. The summed E-state index contributed by atoms with van der Waals surface area (Å²) in [6, 6.07) is 0.556. The van der Waals surface area contributed by atoms with E-state index >= 15 is 0 Å². The van der Waals surface area contributed by atoms with Crippen molar-refractivity contribution in [1.29, 1.82) is 0 Å². The predicted octanol–water partition coefficient (Wildman–Crippen LogP) is 1.90. The van der Waals surface area contributed by atoms with E-state index in [4.69, 9.17) is 0 Å². The topological polar surface area (TPSA) is 40.7 Å². The third kappa shape index (κ3) is 3.92. The van der Waals surface area contributed by atoms with Crippen LogP contribution in [-0.2, 0) is 12.8 Å². The van der Waals surface area contributed by atoms with Crippen molar-refractivity contribution in [3.63, 3.8) is 0 Å². The standard InChI is InChI=1S/C11H21N3/c1-4-5-10-8-13-11(14-10)6-7-12-9(2)3/h8-9,12H,4-7H2,1-3H3,(H,13,14). The van der Waals surface area contributed by atoms with Crippen molar-refractivity contribution in [3.05, 3.63) is 17.7 Å². The SMILES string of the molecule is CCCc1cnc(CCNC(C)C)[nH]1. The zero-order valence-corrected chi connectivity index (χ0v) is 9.43. The molecular weight excluding hydrogens is 174 g/mol. The number of H-pyrrole nitrogens is 1. The van der Waals surface area contributed by atoms with Crippen molar-refractivity contribution >= 4 is 0 Å². The maximum absolute atomic E-state index is 4.34. The van der Waals surface area contributed by atoms with Gasteiger partial charge in [0, 0.05) is 30.9 Å². The Labute approximate surface area is 86.3 Å². The van der Waals surface area contributed by atoms with Crippen molar-refractivity contribution in [1.82, 2.24) is 15.3 Å². The summed E-state index contributed by atoms with van der Waals surface area (Å²) in [6.07, 6.45) is 5.21. The molecule has 0 amide bonds. The minimum Gasteiger partial charge on any atom is -0.346 e. The first-order chi connectivity index (χ1) is 6.72. The van der Waals surface area contributed by atoms with Crippen LogP contribution in [0.2, 0.25) is 0 Å². The van der Waals surface area contributed by atoms with Crippen LogP contribution in [0.4, 0.5) is 0 Å². The van der Waals surface area contributed by atoms with E-state index in [1.807, 2.05) is 6.20 Å². The van der Waals surface area contributed by atoms with Crippen LogP contribution in [0, 0.1) is 0 Å². The molecule has 14 heavy (non-hydrogen) atoms. The van der Waals surface area contributed by atoms with Crippen LogP contribution in [0.1, 0.15) is 38.7 Å². The number of nitrogens with one attached hydrogen (secondary N) is 2. The van der Waals surface area contributed by atoms with Gasteiger partial charge in [0.25, 0.3) is 0 Å². The largest absolute Gasteiger partial charge is 0.346 e. The van der Waals surface area contributed by atoms with Crippen LogP contribution in [0.15, 0.2) is 6.20 Å². The molecule has 0 atom stereocenters. The lowest BCUT2D eigenvalue weighted by molar-refractivity contribution is 0.584. The van der Waals surface area contributed by atoms with Crippen molar-refractivity contribution in [2.75, 3.05) is 6.54 Å². The molecule has 0 spiro atoms. The van der Waals surface area contributed by atoms with E-state index < -0.39 is 0 Å². The van der Waals surface area contributed by atoms with Gasteiger partial charge in [-0.2, -0.15) is 0 Å². The van der Waals surface area contributed by atoms with Crippen molar-refractivity contribution < 1.29 is 0 Å². The van der Waals surface area contributed by atoms with E-state index in [1.165, 1.54) is 12.1 Å². The van der Waals surface area contributed by atoms with Crippen LogP contribution in [0.3, 0.4) is 0 Å². The second kappa shape index (κ2) is 5.81. The number of aryl methyl sites for hydroxylation is 1. The van der Waals surface area contributed by atoms with Crippen molar-refractivity contribution in [2.45, 2.75) is 46.1 Å². The molecule has 2 N–H and O–H groups in total. The molecule has 0 fully saturated rings. The number of hydrogen-bond acceptors (Lipinski definition) is 2. The smallest absolute Gasteiger partial charge is 0.107 e. The maximum Gasteiger partial charge on any atom is 0.107 e. The fourth-order valence-electron chi connectivity index (χ4n) is 1.41. The van der Waals surface area contributed by atoms with Gasteiger partial charge in [-0.05, 0) is 6.42 Å². The molecule has 0 saturated carbocycles. The number of hydrogen-bond donors (Lipinski definition) is 2. The van der Waals surface area contributed by atoms with Gasteiger partial charge in [-0.3, -0.25) is 0 Å². The highest BCUT2D eigenvalue weighted by Crippen LogP contribution is 2.00. The predicted molar refractivity (Wildman–Crippen MR) is 59.4 cm³/mol. The molecule has 0 saturated heterocycles. The molecule has 1 heterocycles. The van der Waals surface area contributed by atoms with Gasteiger partial charge in [-0.1, -0.05) is 27.2 Å². The Bertz CT molecular complexity index is 253. The third-order valence-electron chi connectivity index (χ3n) is 2.11.